The molecule has 1 aliphatic carbocycles. The molecule has 0 aliphatic heterocycles. The Morgan fingerprint density at radius 3 is 1.94 bits per heavy atom. The van der Waals surface area contributed by atoms with Crippen molar-refractivity contribution < 1.29 is 24.2 Å². The van der Waals surface area contributed by atoms with Crippen molar-refractivity contribution in [2.75, 3.05) is 6.61 Å². The Morgan fingerprint density at radius 1 is 0.909 bits per heavy atom. The van der Waals surface area contributed by atoms with E-state index < -0.39 is 30.1 Å². The van der Waals surface area contributed by atoms with E-state index in [-0.39, 0.29) is 24.4 Å². The van der Waals surface area contributed by atoms with Crippen molar-refractivity contribution in [3.05, 3.63) is 59.7 Å². The summed E-state index contributed by atoms with van der Waals surface area (Å²) in [6.45, 7) is 7.33. The van der Waals surface area contributed by atoms with Gasteiger partial charge in [-0.1, -0.05) is 82.6 Å². The highest BCUT2D eigenvalue weighted by molar-refractivity contribution is 5.89. The lowest BCUT2D eigenvalue weighted by atomic mass is 9.97. The number of benzene rings is 2. The number of ether oxygens (including phenoxy) is 1. The Bertz CT molecular complexity index is 974. The summed E-state index contributed by atoms with van der Waals surface area (Å²) in [7, 11) is 0. The Morgan fingerprint density at radius 2 is 1.45 bits per heavy atom. The number of rotatable bonds is 9. The maximum absolute atomic E-state index is 12.8. The molecule has 33 heavy (non-hydrogen) atoms. The Kier molecular flexibility index (Phi) is 7.74. The van der Waals surface area contributed by atoms with E-state index in [2.05, 4.69) is 22.8 Å². The van der Waals surface area contributed by atoms with Gasteiger partial charge < -0.3 is 20.5 Å². The second kappa shape index (κ2) is 10.5. The summed E-state index contributed by atoms with van der Waals surface area (Å²) in [4.78, 5) is 37.0. The fourth-order valence-electron chi connectivity index (χ4n) is 4.23. The first-order valence-electron chi connectivity index (χ1n) is 11.4. The standard InChI is InChI=1S/C26H32N2O5/c1-5-16(4)23(25(30)31)27-24(29)22(15(2)3)28-26(32)33-14-21-19-12-8-6-10-17(19)18-11-7-9-13-20(18)21/h6-13,15-16,21-23H,5,14H2,1-4H3,(H,27,29)(H,28,32)(H,30,31)/t16?,22-,23?/m1/s1. The molecule has 2 aromatic rings. The summed E-state index contributed by atoms with van der Waals surface area (Å²) in [5.41, 5.74) is 4.46. The van der Waals surface area contributed by atoms with Crippen LogP contribution in [-0.2, 0) is 14.3 Å². The summed E-state index contributed by atoms with van der Waals surface area (Å²) >= 11 is 0. The number of carbonyl (C=O) groups is 3. The topological polar surface area (TPSA) is 105 Å². The van der Waals surface area contributed by atoms with Gasteiger partial charge in [0.05, 0.1) is 0 Å². The first-order valence-corrected chi connectivity index (χ1v) is 11.4. The maximum atomic E-state index is 12.8. The summed E-state index contributed by atoms with van der Waals surface area (Å²) in [5, 5.41) is 14.7. The van der Waals surface area contributed by atoms with Gasteiger partial charge in [-0.3, -0.25) is 4.79 Å². The van der Waals surface area contributed by atoms with Crippen LogP contribution >= 0.6 is 0 Å². The third-order valence-corrected chi connectivity index (χ3v) is 6.34. The summed E-state index contributed by atoms with van der Waals surface area (Å²) in [6, 6.07) is 14.2. The minimum Gasteiger partial charge on any atom is -0.480 e. The molecule has 0 bridgehead atoms. The minimum absolute atomic E-state index is 0.0868. The van der Waals surface area contributed by atoms with Crippen molar-refractivity contribution in [1.29, 1.82) is 0 Å². The van der Waals surface area contributed by atoms with Crippen LogP contribution in [0.5, 0.6) is 0 Å². The molecule has 2 amide bonds. The van der Waals surface area contributed by atoms with Crippen molar-refractivity contribution >= 4 is 18.0 Å². The number of hydrogen-bond donors (Lipinski definition) is 3. The molecule has 0 spiro atoms. The average molecular weight is 453 g/mol. The van der Waals surface area contributed by atoms with E-state index in [1.807, 2.05) is 43.3 Å². The van der Waals surface area contributed by atoms with Gasteiger partial charge in [0.25, 0.3) is 0 Å². The van der Waals surface area contributed by atoms with Crippen LogP contribution in [0.2, 0.25) is 0 Å². The Labute approximate surface area is 194 Å². The highest BCUT2D eigenvalue weighted by Crippen LogP contribution is 2.44. The molecule has 1 aliphatic rings. The lowest BCUT2D eigenvalue weighted by Crippen LogP contribution is -2.55. The Balaban J connectivity index is 1.66. The average Bonchev–Trinajstić information content (AvgIpc) is 3.12. The third-order valence-electron chi connectivity index (χ3n) is 6.34. The highest BCUT2D eigenvalue weighted by atomic mass is 16.5. The van der Waals surface area contributed by atoms with Crippen molar-refractivity contribution in [3.8, 4) is 11.1 Å². The SMILES string of the molecule is CCC(C)C(NC(=O)[C@H](NC(=O)OCC1c2ccccc2-c2ccccc21)C(C)C)C(=O)O. The molecule has 0 saturated carbocycles. The summed E-state index contributed by atoms with van der Waals surface area (Å²) in [5.74, 6) is -2.21. The number of carboxylic acids is 1. The predicted molar refractivity (Wildman–Crippen MR) is 126 cm³/mol. The van der Waals surface area contributed by atoms with Gasteiger partial charge in [-0.2, -0.15) is 0 Å². The lowest BCUT2D eigenvalue weighted by molar-refractivity contribution is -0.143. The second-order valence-electron chi connectivity index (χ2n) is 8.90. The summed E-state index contributed by atoms with van der Waals surface area (Å²) in [6.07, 6.45) is -0.107. The van der Waals surface area contributed by atoms with Gasteiger partial charge in [0.15, 0.2) is 0 Å². The van der Waals surface area contributed by atoms with Gasteiger partial charge in [0, 0.05) is 5.92 Å². The molecule has 0 saturated heterocycles. The molecular weight excluding hydrogens is 420 g/mol. The van der Waals surface area contributed by atoms with E-state index in [4.69, 9.17) is 4.74 Å². The number of nitrogens with one attached hydrogen (secondary N) is 2. The number of amides is 2. The number of aliphatic carboxylic acids is 1. The second-order valence-corrected chi connectivity index (χ2v) is 8.90. The van der Waals surface area contributed by atoms with Crippen molar-refractivity contribution in [2.24, 2.45) is 11.8 Å². The monoisotopic (exact) mass is 452 g/mol. The largest absolute Gasteiger partial charge is 0.480 e. The van der Waals surface area contributed by atoms with E-state index in [1.54, 1.807) is 20.8 Å². The highest BCUT2D eigenvalue weighted by Gasteiger charge is 2.32. The zero-order chi connectivity index (χ0) is 24.1. The van der Waals surface area contributed by atoms with Crippen LogP contribution in [0.1, 0.15) is 51.2 Å². The van der Waals surface area contributed by atoms with Gasteiger partial charge in [-0.25, -0.2) is 9.59 Å². The number of alkyl carbamates (subject to hydrolysis) is 1. The molecular formula is C26H32N2O5. The number of carbonyl (C=O) groups excluding carboxylic acids is 2. The van der Waals surface area contributed by atoms with Gasteiger partial charge in [-0.05, 0) is 34.1 Å². The molecule has 0 radical (unpaired) electrons. The van der Waals surface area contributed by atoms with Crippen LogP contribution < -0.4 is 10.6 Å². The van der Waals surface area contributed by atoms with Crippen LogP contribution in [0.15, 0.2) is 48.5 Å². The minimum atomic E-state index is -1.10. The Hall–Kier alpha value is -3.35. The molecule has 176 valence electrons. The van der Waals surface area contributed by atoms with Crippen molar-refractivity contribution in [2.45, 2.75) is 52.1 Å². The van der Waals surface area contributed by atoms with Crippen molar-refractivity contribution in [3.63, 3.8) is 0 Å². The number of hydrogen-bond acceptors (Lipinski definition) is 4. The van der Waals surface area contributed by atoms with E-state index in [0.717, 1.165) is 22.3 Å². The normalized spacial score (nSPS) is 15.2. The molecule has 2 aromatic carbocycles. The van der Waals surface area contributed by atoms with Gasteiger partial charge in [0.2, 0.25) is 5.91 Å². The maximum Gasteiger partial charge on any atom is 0.407 e. The van der Waals surface area contributed by atoms with Crippen LogP contribution in [0.3, 0.4) is 0 Å². The first-order chi connectivity index (χ1) is 15.7. The van der Waals surface area contributed by atoms with E-state index in [9.17, 15) is 19.5 Å². The molecule has 3 N–H and O–H groups in total. The lowest BCUT2D eigenvalue weighted by Gasteiger charge is -2.26. The third kappa shape index (κ3) is 5.35. The fraction of sp³-hybridized carbons (Fsp3) is 0.423. The molecule has 3 rings (SSSR count). The quantitative estimate of drug-likeness (QED) is 0.530. The number of carboxylic acid groups (broad SMARTS) is 1. The van der Waals surface area contributed by atoms with E-state index in [0.29, 0.717) is 6.42 Å². The molecule has 0 aromatic heterocycles. The molecule has 7 nitrogen and oxygen atoms in total. The van der Waals surface area contributed by atoms with Crippen LogP contribution in [0.25, 0.3) is 11.1 Å². The van der Waals surface area contributed by atoms with E-state index in [1.165, 1.54) is 0 Å². The number of fused-ring (bicyclic) bond motifs is 3. The predicted octanol–water partition coefficient (Wildman–Crippen LogP) is 4.17. The zero-order valence-electron chi connectivity index (χ0n) is 19.5. The smallest absolute Gasteiger partial charge is 0.407 e. The van der Waals surface area contributed by atoms with Gasteiger partial charge >= 0.3 is 12.1 Å². The van der Waals surface area contributed by atoms with Crippen molar-refractivity contribution in [1.82, 2.24) is 10.6 Å². The molecule has 0 heterocycles. The molecule has 7 heteroatoms. The fourth-order valence-corrected chi connectivity index (χ4v) is 4.23. The van der Waals surface area contributed by atoms with Crippen LogP contribution in [0, 0.1) is 11.8 Å². The summed E-state index contributed by atoms with van der Waals surface area (Å²) < 4.78 is 5.55. The molecule has 0 fully saturated rings. The van der Waals surface area contributed by atoms with Gasteiger partial charge in [-0.15, -0.1) is 0 Å². The van der Waals surface area contributed by atoms with Crippen LogP contribution in [0.4, 0.5) is 4.79 Å². The van der Waals surface area contributed by atoms with E-state index >= 15 is 0 Å². The van der Waals surface area contributed by atoms with Gasteiger partial charge in [0.1, 0.15) is 18.7 Å². The molecule has 3 atom stereocenters. The first kappa shape index (κ1) is 24.3. The van der Waals surface area contributed by atoms with Crippen LogP contribution in [-0.4, -0.2) is 41.8 Å². The molecule has 2 unspecified atom stereocenters. The zero-order valence-corrected chi connectivity index (χ0v) is 19.5.